The molecular weight excluding hydrogens is 280 g/mol. The van der Waals surface area contributed by atoms with E-state index >= 15 is 0 Å². The number of aryl methyl sites for hydroxylation is 1. The minimum atomic E-state index is -0.165. The molecule has 6 nitrogen and oxygen atoms in total. The lowest BCUT2D eigenvalue weighted by Gasteiger charge is -2.23. The number of amides is 2. The Morgan fingerprint density at radius 1 is 1.36 bits per heavy atom. The molecule has 1 aliphatic carbocycles. The molecule has 1 unspecified atom stereocenters. The number of carbonyl (C=O) groups excluding carboxylic acids is 2. The van der Waals surface area contributed by atoms with Gasteiger partial charge in [-0.25, -0.2) is 4.98 Å². The molecule has 1 saturated heterocycles. The van der Waals surface area contributed by atoms with E-state index in [9.17, 15) is 9.59 Å². The van der Waals surface area contributed by atoms with Crippen LogP contribution in [0.15, 0.2) is 18.7 Å². The first-order chi connectivity index (χ1) is 10.7. The Labute approximate surface area is 130 Å². The number of rotatable bonds is 6. The highest BCUT2D eigenvalue weighted by Crippen LogP contribution is 2.29. The Morgan fingerprint density at radius 3 is 2.91 bits per heavy atom. The number of imidazole rings is 1. The molecule has 2 amide bonds. The molecule has 0 aromatic carbocycles. The summed E-state index contributed by atoms with van der Waals surface area (Å²) in [5.74, 6) is 0.0197. The molecule has 6 heteroatoms. The summed E-state index contributed by atoms with van der Waals surface area (Å²) in [5, 5.41) is 2.97. The zero-order valence-electron chi connectivity index (χ0n) is 12.9. The van der Waals surface area contributed by atoms with Crippen molar-refractivity contribution in [2.75, 3.05) is 13.1 Å². The Hall–Kier alpha value is -1.85. The van der Waals surface area contributed by atoms with Gasteiger partial charge < -0.3 is 14.8 Å². The van der Waals surface area contributed by atoms with Crippen LogP contribution in [0.1, 0.15) is 38.5 Å². The molecule has 22 heavy (non-hydrogen) atoms. The topological polar surface area (TPSA) is 67.2 Å². The molecule has 120 valence electrons. The average molecular weight is 304 g/mol. The number of hydrogen-bond donors (Lipinski definition) is 1. The van der Waals surface area contributed by atoms with Gasteiger partial charge >= 0.3 is 0 Å². The second-order valence-corrected chi connectivity index (χ2v) is 6.33. The Kier molecular flexibility index (Phi) is 4.75. The van der Waals surface area contributed by atoms with Gasteiger partial charge in [-0.1, -0.05) is 12.8 Å². The first-order valence-electron chi connectivity index (χ1n) is 8.27. The molecule has 1 aromatic heterocycles. The van der Waals surface area contributed by atoms with Crippen molar-refractivity contribution in [1.82, 2.24) is 19.8 Å². The largest absolute Gasteiger partial charge is 0.356 e. The normalized spacial score (nSPS) is 22.5. The van der Waals surface area contributed by atoms with Gasteiger partial charge in [0.25, 0.3) is 0 Å². The molecule has 1 saturated carbocycles. The van der Waals surface area contributed by atoms with Crippen LogP contribution in [-0.4, -0.2) is 45.4 Å². The maximum atomic E-state index is 12.2. The lowest BCUT2D eigenvalue weighted by molar-refractivity contribution is -0.130. The minimum absolute atomic E-state index is 0.0273. The van der Waals surface area contributed by atoms with E-state index in [0.717, 1.165) is 25.8 Å². The molecule has 0 radical (unpaired) electrons. The highest BCUT2D eigenvalue weighted by molar-refractivity contribution is 5.89. The fourth-order valence-electron chi connectivity index (χ4n) is 3.51. The maximum Gasteiger partial charge on any atom is 0.225 e. The molecule has 1 aromatic rings. The van der Waals surface area contributed by atoms with Crippen LogP contribution in [0, 0.1) is 5.92 Å². The second kappa shape index (κ2) is 6.94. The molecule has 2 fully saturated rings. The number of likely N-dealkylation sites (tertiary alicyclic amines) is 1. The van der Waals surface area contributed by atoms with E-state index in [0.29, 0.717) is 25.6 Å². The molecule has 1 aliphatic heterocycles. The zero-order chi connectivity index (χ0) is 15.4. The van der Waals surface area contributed by atoms with Crippen LogP contribution in [0.3, 0.4) is 0 Å². The van der Waals surface area contributed by atoms with Crippen LogP contribution in [0.5, 0.6) is 0 Å². The van der Waals surface area contributed by atoms with Gasteiger partial charge in [-0.15, -0.1) is 0 Å². The van der Waals surface area contributed by atoms with E-state index < -0.39 is 0 Å². The predicted octanol–water partition coefficient (Wildman–Crippen LogP) is 1.18. The summed E-state index contributed by atoms with van der Waals surface area (Å²) >= 11 is 0. The van der Waals surface area contributed by atoms with E-state index in [-0.39, 0.29) is 17.7 Å². The quantitative estimate of drug-likeness (QED) is 0.803. The van der Waals surface area contributed by atoms with Gasteiger partial charge in [0, 0.05) is 44.5 Å². The van der Waals surface area contributed by atoms with Crippen LogP contribution in [0.25, 0.3) is 0 Å². The number of nitrogens with zero attached hydrogens (tertiary/aromatic N) is 3. The van der Waals surface area contributed by atoms with Crippen molar-refractivity contribution < 1.29 is 9.59 Å². The van der Waals surface area contributed by atoms with Crippen molar-refractivity contribution in [3.8, 4) is 0 Å². The SMILES string of the molecule is O=C(NCCCn1ccnc1)C1CC(=O)N(C2CCCC2)C1. The zero-order valence-corrected chi connectivity index (χ0v) is 12.9. The van der Waals surface area contributed by atoms with Crippen LogP contribution >= 0.6 is 0 Å². The summed E-state index contributed by atoms with van der Waals surface area (Å²) in [5.41, 5.74) is 0. The summed E-state index contributed by atoms with van der Waals surface area (Å²) in [7, 11) is 0. The third-order valence-electron chi connectivity index (χ3n) is 4.75. The molecular formula is C16H24N4O2. The van der Waals surface area contributed by atoms with Gasteiger partial charge in [-0.3, -0.25) is 9.59 Å². The van der Waals surface area contributed by atoms with Crippen LogP contribution in [-0.2, 0) is 16.1 Å². The highest BCUT2D eigenvalue weighted by Gasteiger charge is 2.38. The van der Waals surface area contributed by atoms with Crippen LogP contribution in [0.4, 0.5) is 0 Å². The highest BCUT2D eigenvalue weighted by atomic mass is 16.2. The number of aromatic nitrogens is 2. The molecule has 1 atom stereocenters. The van der Waals surface area contributed by atoms with Gasteiger partial charge in [0.2, 0.25) is 11.8 Å². The first kappa shape index (κ1) is 15.1. The molecule has 1 N–H and O–H groups in total. The van der Waals surface area contributed by atoms with E-state index in [4.69, 9.17) is 0 Å². The van der Waals surface area contributed by atoms with E-state index in [1.165, 1.54) is 12.8 Å². The van der Waals surface area contributed by atoms with Crippen molar-refractivity contribution in [3.63, 3.8) is 0 Å². The maximum absolute atomic E-state index is 12.2. The van der Waals surface area contributed by atoms with Crippen molar-refractivity contribution in [2.24, 2.45) is 5.92 Å². The molecule has 2 heterocycles. The lowest BCUT2D eigenvalue weighted by atomic mass is 10.1. The summed E-state index contributed by atoms with van der Waals surface area (Å²) in [6.07, 6.45) is 11.3. The average Bonchev–Trinajstić information content (AvgIpc) is 3.24. The van der Waals surface area contributed by atoms with Crippen molar-refractivity contribution in [1.29, 1.82) is 0 Å². The Bertz CT molecular complexity index is 508. The summed E-state index contributed by atoms with van der Waals surface area (Å²) in [4.78, 5) is 30.2. The third-order valence-corrected chi connectivity index (χ3v) is 4.75. The van der Waals surface area contributed by atoms with Gasteiger partial charge in [-0.2, -0.15) is 0 Å². The summed E-state index contributed by atoms with van der Waals surface area (Å²) < 4.78 is 1.99. The van der Waals surface area contributed by atoms with Crippen LogP contribution in [0.2, 0.25) is 0 Å². The van der Waals surface area contributed by atoms with Gasteiger partial charge in [0.15, 0.2) is 0 Å². The smallest absolute Gasteiger partial charge is 0.225 e. The number of hydrogen-bond acceptors (Lipinski definition) is 3. The van der Waals surface area contributed by atoms with Crippen molar-refractivity contribution >= 4 is 11.8 Å². The lowest BCUT2D eigenvalue weighted by Crippen LogP contribution is -2.37. The summed E-state index contributed by atoms with van der Waals surface area (Å²) in [6, 6.07) is 0.381. The number of carbonyl (C=O) groups is 2. The van der Waals surface area contributed by atoms with Gasteiger partial charge in [0.05, 0.1) is 12.2 Å². The van der Waals surface area contributed by atoms with Crippen molar-refractivity contribution in [2.45, 2.75) is 51.1 Å². The third kappa shape index (κ3) is 3.48. The Morgan fingerprint density at radius 2 is 2.18 bits per heavy atom. The van der Waals surface area contributed by atoms with E-state index in [2.05, 4.69) is 10.3 Å². The summed E-state index contributed by atoms with van der Waals surface area (Å²) in [6.45, 7) is 2.10. The monoisotopic (exact) mass is 304 g/mol. The fraction of sp³-hybridized carbons (Fsp3) is 0.688. The van der Waals surface area contributed by atoms with Gasteiger partial charge in [0.1, 0.15) is 0 Å². The van der Waals surface area contributed by atoms with Gasteiger partial charge in [-0.05, 0) is 19.3 Å². The van der Waals surface area contributed by atoms with E-state index in [1.54, 1.807) is 12.5 Å². The standard InChI is InChI=1S/C16H24N4O2/c21-15-10-13(11-20(15)14-4-1-2-5-14)16(22)18-6-3-8-19-9-7-17-12-19/h7,9,12-14H,1-6,8,10-11H2,(H,18,22). The second-order valence-electron chi connectivity index (χ2n) is 6.33. The first-order valence-corrected chi connectivity index (χ1v) is 8.27. The molecule has 3 rings (SSSR count). The van der Waals surface area contributed by atoms with Crippen molar-refractivity contribution in [3.05, 3.63) is 18.7 Å². The van der Waals surface area contributed by atoms with E-state index in [1.807, 2.05) is 15.7 Å². The predicted molar refractivity (Wildman–Crippen MR) is 81.9 cm³/mol. The molecule has 0 bridgehead atoms. The minimum Gasteiger partial charge on any atom is -0.356 e. The molecule has 0 spiro atoms. The number of nitrogens with one attached hydrogen (secondary N) is 1. The fourth-order valence-corrected chi connectivity index (χ4v) is 3.51. The van der Waals surface area contributed by atoms with Crippen LogP contribution < -0.4 is 5.32 Å². The molecule has 2 aliphatic rings. The Balaban J connectivity index is 1.40.